The van der Waals surface area contributed by atoms with E-state index in [4.69, 9.17) is 11.6 Å². The van der Waals surface area contributed by atoms with Crippen LogP contribution in [-0.2, 0) is 11.3 Å². The number of hydrogen-bond donors (Lipinski definition) is 2. The average Bonchev–Trinajstić information content (AvgIpc) is 3.26. The number of carbonyl (C=O) groups is 2. The van der Waals surface area contributed by atoms with Gasteiger partial charge in [0.1, 0.15) is 0 Å². The van der Waals surface area contributed by atoms with Gasteiger partial charge in [0, 0.05) is 15.8 Å². The number of hydrogen-bond acceptors (Lipinski definition) is 5. The van der Waals surface area contributed by atoms with Crippen LogP contribution >= 0.6 is 39.3 Å². The molecule has 4 rings (SSSR count). The number of halogens is 2. The molecule has 10 heteroatoms. The van der Waals surface area contributed by atoms with Crippen molar-refractivity contribution in [3.8, 4) is 5.69 Å². The number of thioether (sulfide) groups is 1. The number of benzene rings is 3. The average molecular weight is 571 g/mol. The zero-order valence-corrected chi connectivity index (χ0v) is 21.8. The number of nitrogens with one attached hydrogen (secondary N) is 2. The Kier molecular flexibility index (Phi) is 8.22. The number of aryl methyl sites for hydroxylation is 1. The van der Waals surface area contributed by atoms with E-state index < -0.39 is 0 Å². The molecule has 0 aliphatic carbocycles. The molecule has 7 nitrogen and oxygen atoms in total. The van der Waals surface area contributed by atoms with Gasteiger partial charge in [0.15, 0.2) is 11.0 Å². The van der Waals surface area contributed by atoms with Crippen molar-refractivity contribution < 1.29 is 9.59 Å². The number of nitrogens with zero attached hydrogens (tertiary/aromatic N) is 3. The first-order valence-corrected chi connectivity index (χ1v) is 12.8. The Morgan fingerprint density at radius 3 is 2.60 bits per heavy atom. The fourth-order valence-corrected chi connectivity index (χ4v) is 4.66. The summed E-state index contributed by atoms with van der Waals surface area (Å²) in [5.74, 6) is 0.198. The largest absolute Gasteiger partial charge is 0.345 e. The predicted octanol–water partition coefficient (Wildman–Crippen LogP) is 5.65. The fourth-order valence-electron chi connectivity index (χ4n) is 3.32. The van der Waals surface area contributed by atoms with E-state index in [1.807, 2.05) is 66.1 Å². The molecule has 0 spiro atoms. The molecular weight excluding hydrogens is 550 g/mol. The monoisotopic (exact) mass is 569 g/mol. The maximum atomic E-state index is 12.7. The van der Waals surface area contributed by atoms with Gasteiger partial charge in [-0.3, -0.25) is 14.2 Å². The van der Waals surface area contributed by atoms with Crippen LogP contribution in [0.25, 0.3) is 5.69 Å². The smallest absolute Gasteiger partial charge is 0.253 e. The molecule has 0 bridgehead atoms. The zero-order valence-electron chi connectivity index (χ0n) is 18.7. The number of aromatic nitrogens is 3. The lowest BCUT2D eigenvalue weighted by molar-refractivity contribution is -0.113. The molecule has 0 saturated carbocycles. The Balaban J connectivity index is 1.49. The van der Waals surface area contributed by atoms with Crippen molar-refractivity contribution in [1.29, 1.82) is 0 Å². The highest BCUT2D eigenvalue weighted by molar-refractivity contribution is 9.10. The second-order valence-electron chi connectivity index (χ2n) is 7.58. The molecule has 2 amide bonds. The van der Waals surface area contributed by atoms with Crippen LogP contribution in [0.5, 0.6) is 0 Å². The highest BCUT2D eigenvalue weighted by Crippen LogP contribution is 2.24. The molecule has 2 N–H and O–H groups in total. The van der Waals surface area contributed by atoms with Crippen molar-refractivity contribution in [1.82, 2.24) is 20.1 Å². The van der Waals surface area contributed by atoms with E-state index in [-0.39, 0.29) is 24.1 Å². The van der Waals surface area contributed by atoms with Gasteiger partial charge in [0.05, 0.1) is 22.9 Å². The summed E-state index contributed by atoms with van der Waals surface area (Å²) in [6.07, 6.45) is 0. The second-order valence-corrected chi connectivity index (χ2v) is 9.85. The SMILES string of the molecule is Cc1cccc(NC(=O)CSc2nnc(CNC(=O)c3cc(Br)ccc3Cl)n2-c2ccccc2)c1. The number of rotatable bonds is 8. The van der Waals surface area contributed by atoms with Crippen molar-refractivity contribution in [3.05, 3.63) is 99.2 Å². The van der Waals surface area contributed by atoms with Gasteiger partial charge in [-0.2, -0.15) is 0 Å². The van der Waals surface area contributed by atoms with Gasteiger partial charge in [0.25, 0.3) is 5.91 Å². The third-order valence-electron chi connectivity index (χ3n) is 4.93. The van der Waals surface area contributed by atoms with Crippen LogP contribution in [0.2, 0.25) is 5.02 Å². The van der Waals surface area contributed by atoms with Gasteiger partial charge in [-0.25, -0.2) is 0 Å². The molecule has 3 aromatic carbocycles. The van der Waals surface area contributed by atoms with E-state index in [1.54, 1.807) is 18.2 Å². The molecule has 0 atom stereocenters. The van der Waals surface area contributed by atoms with Gasteiger partial charge in [-0.05, 0) is 55.0 Å². The molecule has 178 valence electrons. The van der Waals surface area contributed by atoms with Crippen molar-refractivity contribution >= 4 is 56.8 Å². The number of para-hydroxylation sites is 1. The topological polar surface area (TPSA) is 88.9 Å². The lowest BCUT2D eigenvalue weighted by Gasteiger charge is -2.11. The summed E-state index contributed by atoms with van der Waals surface area (Å²) in [6.45, 7) is 2.09. The molecule has 0 fully saturated rings. The highest BCUT2D eigenvalue weighted by atomic mass is 79.9. The maximum Gasteiger partial charge on any atom is 0.253 e. The van der Waals surface area contributed by atoms with Crippen molar-refractivity contribution in [2.75, 3.05) is 11.1 Å². The molecule has 1 heterocycles. The quantitative estimate of drug-likeness (QED) is 0.267. The summed E-state index contributed by atoms with van der Waals surface area (Å²) in [6, 6.07) is 22.2. The molecule has 4 aromatic rings. The Hall–Kier alpha value is -3.14. The van der Waals surface area contributed by atoms with Crippen LogP contribution in [0.15, 0.2) is 82.4 Å². The third kappa shape index (κ3) is 6.50. The van der Waals surface area contributed by atoms with Crippen LogP contribution in [0.4, 0.5) is 5.69 Å². The third-order valence-corrected chi connectivity index (χ3v) is 6.68. The van der Waals surface area contributed by atoms with E-state index in [0.29, 0.717) is 21.6 Å². The summed E-state index contributed by atoms with van der Waals surface area (Å²) in [5.41, 5.74) is 2.99. The van der Waals surface area contributed by atoms with Crippen LogP contribution in [0.1, 0.15) is 21.7 Å². The minimum absolute atomic E-state index is 0.125. The maximum absolute atomic E-state index is 12.7. The zero-order chi connectivity index (χ0) is 24.8. The Bertz CT molecular complexity index is 1360. The van der Waals surface area contributed by atoms with Crippen LogP contribution < -0.4 is 10.6 Å². The van der Waals surface area contributed by atoms with E-state index in [0.717, 1.165) is 21.4 Å². The molecule has 0 unspecified atom stereocenters. The summed E-state index contributed by atoms with van der Waals surface area (Å²) >= 11 is 10.8. The summed E-state index contributed by atoms with van der Waals surface area (Å²) in [7, 11) is 0. The van der Waals surface area contributed by atoms with Crippen molar-refractivity contribution in [2.24, 2.45) is 0 Å². The van der Waals surface area contributed by atoms with Crippen LogP contribution in [0.3, 0.4) is 0 Å². The van der Waals surface area contributed by atoms with Gasteiger partial charge in [0.2, 0.25) is 5.91 Å². The molecular formula is C25H21BrClN5O2S. The van der Waals surface area contributed by atoms with Gasteiger partial charge < -0.3 is 10.6 Å². The van der Waals surface area contributed by atoms with E-state index in [2.05, 4.69) is 36.8 Å². The van der Waals surface area contributed by atoms with Crippen LogP contribution in [0, 0.1) is 6.92 Å². The normalized spacial score (nSPS) is 10.7. The minimum atomic E-state index is -0.328. The van der Waals surface area contributed by atoms with E-state index >= 15 is 0 Å². The number of anilines is 1. The molecule has 35 heavy (non-hydrogen) atoms. The Labute approximate surface area is 220 Å². The lowest BCUT2D eigenvalue weighted by Crippen LogP contribution is -2.25. The summed E-state index contributed by atoms with van der Waals surface area (Å²) in [4.78, 5) is 25.2. The standard InChI is InChI=1S/C25H21BrClN5O2S/c1-16-6-5-7-18(12-16)29-23(33)15-35-25-31-30-22(32(25)19-8-3-2-4-9-19)14-28-24(34)20-13-17(26)10-11-21(20)27/h2-13H,14-15H2,1H3,(H,28,34)(H,29,33). The predicted molar refractivity (Wildman–Crippen MR) is 142 cm³/mol. The van der Waals surface area contributed by atoms with Gasteiger partial charge in [-0.1, -0.05) is 69.6 Å². The Morgan fingerprint density at radius 2 is 1.83 bits per heavy atom. The summed E-state index contributed by atoms with van der Waals surface area (Å²) in [5, 5.41) is 15.2. The first-order chi connectivity index (χ1) is 16.9. The van der Waals surface area contributed by atoms with Crippen molar-refractivity contribution in [3.63, 3.8) is 0 Å². The minimum Gasteiger partial charge on any atom is -0.345 e. The molecule has 0 radical (unpaired) electrons. The molecule has 0 aliphatic heterocycles. The fraction of sp³-hybridized carbons (Fsp3) is 0.120. The number of carbonyl (C=O) groups excluding carboxylic acids is 2. The Morgan fingerprint density at radius 1 is 1.03 bits per heavy atom. The van der Waals surface area contributed by atoms with Gasteiger partial charge in [-0.15, -0.1) is 10.2 Å². The molecule has 0 aliphatic rings. The molecule has 1 aromatic heterocycles. The highest BCUT2D eigenvalue weighted by Gasteiger charge is 2.18. The van der Waals surface area contributed by atoms with E-state index in [9.17, 15) is 9.59 Å². The summed E-state index contributed by atoms with van der Waals surface area (Å²) < 4.78 is 2.58. The van der Waals surface area contributed by atoms with Crippen LogP contribution in [-0.4, -0.2) is 32.3 Å². The first kappa shape index (κ1) is 25.0. The first-order valence-electron chi connectivity index (χ1n) is 10.6. The van der Waals surface area contributed by atoms with Gasteiger partial charge >= 0.3 is 0 Å². The van der Waals surface area contributed by atoms with E-state index in [1.165, 1.54) is 11.8 Å². The van der Waals surface area contributed by atoms with Crippen molar-refractivity contribution in [2.45, 2.75) is 18.6 Å². The second kappa shape index (κ2) is 11.5. The lowest BCUT2D eigenvalue weighted by atomic mass is 10.2. The number of amides is 2. The molecule has 0 saturated heterocycles.